The minimum absolute atomic E-state index is 0. The van der Waals surface area contributed by atoms with Crippen LogP contribution in [0.2, 0.25) is 0 Å². The van der Waals surface area contributed by atoms with Gasteiger partial charge in [-0.05, 0) is 18.6 Å². The maximum absolute atomic E-state index is 11.0. The predicted molar refractivity (Wildman–Crippen MR) is 62.4 cm³/mol. The molecule has 16 heavy (non-hydrogen) atoms. The molecule has 0 aliphatic carbocycles. The van der Waals surface area contributed by atoms with Gasteiger partial charge in [-0.2, -0.15) is 0 Å². The molecule has 1 aromatic carbocycles. The van der Waals surface area contributed by atoms with Gasteiger partial charge in [0.1, 0.15) is 11.3 Å². The first-order chi connectivity index (χ1) is 7.09. The number of benzene rings is 1. The Morgan fingerprint density at radius 2 is 2.25 bits per heavy atom. The number of carbonyl (C=O) groups is 1. The molecule has 0 saturated carbocycles. The highest BCUT2D eigenvalue weighted by Gasteiger charge is 2.24. The normalized spacial score (nSPS) is 18.0. The number of aromatic carboxylic acids is 1. The summed E-state index contributed by atoms with van der Waals surface area (Å²) in [6.07, 6.45) is 0.732. The van der Waals surface area contributed by atoms with Crippen LogP contribution < -0.4 is 10.5 Å². The van der Waals surface area contributed by atoms with Gasteiger partial charge >= 0.3 is 5.97 Å². The molecule has 1 aliphatic rings. The van der Waals surface area contributed by atoms with Crippen LogP contribution in [0.5, 0.6) is 5.75 Å². The summed E-state index contributed by atoms with van der Waals surface area (Å²) in [6.45, 7) is 2.34. The van der Waals surface area contributed by atoms with E-state index in [1.165, 1.54) is 0 Å². The van der Waals surface area contributed by atoms with Crippen LogP contribution in [0.25, 0.3) is 0 Å². The Morgan fingerprint density at radius 3 is 2.88 bits per heavy atom. The number of rotatable bonds is 1. The van der Waals surface area contributed by atoms with Crippen molar-refractivity contribution in [1.29, 1.82) is 0 Å². The van der Waals surface area contributed by atoms with Gasteiger partial charge in [-0.25, -0.2) is 4.79 Å². The molecule has 0 bridgehead atoms. The molecular weight excluding hydrogens is 230 g/mol. The molecule has 0 saturated heterocycles. The summed E-state index contributed by atoms with van der Waals surface area (Å²) >= 11 is 0. The van der Waals surface area contributed by atoms with Gasteiger partial charge in [0.25, 0.3) is 0 Å². The monoisotopic (exact) mass is 243 g/mol. The Bertz CT molecular complexity index is 420. The molecule has 1 heterocycles. The molecule has 0 unspecified atom stereocenters. The van der Waals surface area contributed by atoms with E-state index in [2.05, 4.69) is 0 Å². The molecule has 88 valence electrons. The number of halogens is 1. The number of carboxylic acid groups (broad SMARTS) is 1. The number of aryl methyl sites for hydroxylation is 1. The summed E-state index contributed by atoms with van der Waals surface area (Å²) in [5.74, 6) is -0.532. The Labute approximate surface area is 99.8 Å². The molecule has 5 heteroatoms. The van der Waals surface area contributed by atoms with E-state index in [9.17, 15) is 4.79 Å². The van der Waals surface area contributed by atoms with Gasteiger partial charge in [0.05, 0.1) is 6.61 Å². The van der Waals surface area contributed by atoms with Crippen molar-refractivity contribution in [2.24, 2.45) is 5.73 Å². The second-order valence-corrected chi connectivity index (χ2v) is 3.78. The topological polar surface area (TPSA) is 72.5 Å². The van der Waals surface area contributed by atoms with Crippen LogP contribution in [0.1, 0.15) is 33.9 Å². The standard InChI is InChI=1S/C11H13NO3.ClH/c1-6-4-7-9(12)2-3-15-10(7)8(5-6)11(13)14;/h4-5,9H,2-3,12H2,1H3,(H,13,14);1H/t9-;/m0./s1. The third-order valence-corrected chi connectivity index (χ3v) is 2.57. The van der Waals surface area contributed by atoms with Gasteiger partial charge in [-0.3, -0.25) is 0 Å². The second kappa shape index (κ2) is 4.72. The summed E-state index contributed by atoms with van der Waals surface area (Å²) < 4.78 is 5.38. The van der Waals surface area contributed by atoms with Crippen molar-refractivity contribution in [3.8, 4) is 5.75 Å². The first-order valence-electron chi connectivity index (χ1n) is 4.86. The van der Waals surface area contributed by atoms with Crippen LogP contribution in [0.3, 0.4) is 0 Å². The molecule has 4 nitrogen and oxygen atoms in total. The molecule has 2 rings (SSSR count). The van der Waals surface area contributed by atoms with Crippen molar-refractivity contribution >= 4 is 18.4 Å². The molecule has 0 spiro atoms. The highest BCUT2D eigenvalue weighted by atomic mass is 35.5. The summed E-state index contributed by atoms with van der Waals surface area (Å²) in [4.78, 5) is 11.0. The van der Waals surface area contributed by atoms with Gasteiger partial charge < -0.3 is 15.6 Å². The van der Waals surface area contributed by atoms with Gasteiger partial charge in [0, 0.05) is 18.0 Å². The molecular formula is C11H14ClNO3. The highest BCUT2D eigenvalue weighted by Crippen LogP contribution is 2.34. The van der Waals surface area contributed by atoms with Gasteiger partial charge in [0.15, 0.2) is 0 Å². The van der Waals surface area contributed by atoms with Crippen LogP contribution in [0.4, 0.5) is 0 Å². The molecule has 0 aromatic heterocycles. The number of nitrogens with two attached hydrogens (primary N) is 1. The quantitative estimate of drug-likeness (QED) is 0.790. The van der Waals surface area contributed by atoms with Crippen molar-refractivity contribution in [2.75, 3.05) is 6.61 Å². The number of ether oxygens (including phenoxy) is 1. The second-order valence-electron chi connectivity index (χ2n) is 3.78. The molecule has 1 aromatic rings. The van der Waals surface area contributed by atoms with Crippen molar-refractivity contribution in [2.45, 2.75) is 19.4 Å². The lowest BCUT2D eigenvalue weighted by atomic mass is 9.96. The Balaban J connectivity index is 0.00000128. The first kappa shape index (κ1) is 12.8. The zero-order valence-corrected chi connectivity index (χ0v) is 9.71. The maximum atomic E-state index is 11.0. The SMILES string of the molecule is Cc1cc(C(=O)O)c2c(c1)[C@@H](N)CCO2.Cl. The minimum Gasteiger partial charge on any atom is -0.492 e. The van der Waals surface area contributed by atoms with Gasteiger partial charge in [-0.1, -0.05) is 6.07 Å². The first-order valence-corrected chi connectivity index (χ1v) is 4.86. The summed E-state index contributed by atoms with van der Waals surface area (Å²) in [7, 11) is 0. The fourth-order valence-electron chi connectivity index (χ4n) is 1.84. The Morgan fingerprint density at radius 1 is 1.56 bits per heavy atom. The number of carboxylic acids is 1. The maximum Gasteiger partial charge on any atom is 0.339 e. The fraction of sp³-hybridized carbons (Fsp3) is 0.364. The van der Waals surface area contributed by atoms with Crippen LogP contribution in [-0.4, -0.2) is 17.7 Å². The van der Waals surface area contributed by atoms with Crippen LogP contribution >= 0.6 is 12.4 Å². The third kappa shape index (κ3) is 2.13. The third-order valence-electron chi connectivity index (χ3n) is 2.57. The predicted octanol–water partition coefficient (Wildman–Crippen LogP) is 1.90. The van der Waals surface area contributed by atoms with Crippen LogP contribution in [-0.2, 0) is 0 Å². The van der Waals surface area contributed by atoms with E-state index in [1.807, 2.05) is 13.0 Å². The van der Waals surface area contributed by atoms with E-state index in [0.717, 1.165) is 17.5 Å². The lowest BCUT2D eigenvalue weighted by molar-refractivity contribution is 0.0690. The van der Waals surface area contributed by atoms with Crippen molar-refractivity contribution in [3.63, 3.8) is 0 Å². The van der Waals surface area contributed by atoms with E-state index < -0.39 is 5.97 Å². The molecule has 0 fully saturated rings. The van der Waals surface area contributed by atoms with Gasteiger partial charge in [0.2, 0.25) is 0 Å². The molecule has 1 aliphatic heterocycles. The fourth-order valence-corrected chi connectivity index (χ4v) is 1.84. The number of hydrogen-bond acceptors (Lipinski definition) is 3. The summed E-state index contributed by atoms with van der Waals surface area (Å²) in [5.41, 5.74) is 7.82. The Hall–Kier alpha value is -1.26. The van der Waals surface area contributed by atoms with Crippen molar-refractivity contribution in [3.05, 3.63) is 28.8 Å². The van der Waals surface area contributed by atoms with E-state index in [0.29, 0.717) is 12.4 Å². The van der Waals surface area contributed by atoms with Gasteiger partial charge in [-0.15, -0.1) is 12.4 Å². The largest absolute Gasteiger partial charge is 0.492 e. The summed E-state index contributed by atoms with van der Waals surface area (Å²) in [5, 5.41) is 9.03. The van der Waals surface area contributed by atoms with E-state index in [4.69, 9.17) is 15.6 Å². The van der Waals surface area contributed by atoms with E-state index in [1.54, 1.807) is 6.07 Å². The molecule has 3 N–H and O–H groups in total. The lowest BCUT2D eigenvalue weighted by Crippen LogP contribution is -2.22. The average Bonchev–Trinajstić information content (AvgIpc) is 2.18. The van der Waals surface area contributed by atoms with E-state index >= 15 is 0 Å². The molecule has 0 radical (unpaired) electrons. The number of fused-ring (bicyclic) bond motifs is 1. The Kier molecular flexibility index (Phi) is 3.78. The average molecular weight is 244 g/mol. The minimum atomic E-state index is -0.968. The lowest BCUT2D eigenvalue weighted by Gasteiger charge is -2.24. The summed E-state index contributed by atoms with van der Waals surface area (Å²) in [6, 6.07) is 3.39. The van der Waals surface area contributed by atoms with Crippen molar-refractivity contribution in [1.82, 2.24) is 0 Å². The zero-order chi connectivity index (χ0) is 11.0. The van der Waals surface area contributed by atoms with Crippen LogP contribution in [0.15, 0.2) is 12.1 Å². The van der Waals surface area contributed by atoms with Crippen LogP contribution in [0, 0.1) is 6.92 Å². The smallest absolute Gasteiger partial charge is 0.339 e. The highest BCUT2D eigenvalue weighted by molar-refractivity contribution is 5.92. The van der Waals surface area contributed by atoms with E-state index in [-0.39, 0.29) is 24.0 Å². The zero-order valence-electron chi connectivity index (χ0n) is 8.90. The van der Waals surface area contributed by atoms with Crippen molar-refractivity contribution < 1.29 is 14.6 Å². The number of hydrogen-bond donors (Lipinski definition) is 2. The molecule has 1 atom stereocenters. The molecule has 0 amide bonds.